The third-order valence-corrected chi connectivity index (χ3v) is 7.00. The van der Waals surface area contributed by atoms with Crippen molar-refractivity contribution in [3.05, 3.63) is 71.4 Å². The van der Waals surface area contributed by atoms with Crippen molar-refractivity contribution in [3.63, 3.8) is 0 Å². The molecule has 0 saturated carbocycles. The van der Waals surface area contributed by atoms with Crippen LogP contribution in [0.25, 0.3) is 21.5 Å². The van der Waals surface area contributed by atoms with Gasteiger partial charge in [0.25, 0.3) is 5.91 Å². The predicted octanol–water partition coefficient (Wildman–Crippen LogP) is 5.27. The first-order valence-corrected chi connectivity index (χ1v) is 10.8. The van der Waals surface area contributed by atoms with E-state index in [2.05, 4.69) is 24.9 Å². The molecule has 3 aromatic heterocycles. The molecule has 6 heteroatoms. The highest BCUT2D eigenvalue weighted by molar-refractivity contribution is 7.21. The standard InChI is InChI=1S/C24H22N4OS/c1-24(2)11-14-28(19-6-4-3-5-17(19)24)23(29)21-20(25)16-7-8-18(27-22(16)30-21)15-9-12-26-13-10-15/h3-10,12-13H,11,14,25H2,1-2H3. The third kappa shape index (κ3) is 2.95. The average Bonchev–Trinajstić information content (AvgIpc) is 3.10. The Kier molecular flexibility index (Phi) is 4.33. The molecule has 0 spiro atoms. The minimum atomic E-state index is -0.0519. The lowest BCUT2D eigenvalue weighted by molar-refractivity contribution is 0.0987. The molecule has 150 valence electrons. The van der Waals surface area contributed by atoms with Gasteiger partial charge in [-0.15, -0.1) is 11.3 Å². The molecule has 0 saturated heterocycles. The molecule has 0 aliphatic carbocycles. The van der Waals surface area contributed by atoms with Crippen LogP contribution < -0.4 is 10.6 Å². The molecule has 1 aliphatic heterocycles. The molecule has 0 unspecified atom stereocenters. The van der Waals surface area contributed by atoms with Gasteiger partial charge in [-0.3, -0.25) is 9.78 Å². The zero-order valence-electron chi connectivity index (χ0n) is 16.9. The van der Waals surface area contributed by atoms with Gasteiger partial charge < -0.3 is 10.6 Å². The maximum absolute atomic E-state index is 13.5. The van der Waals surface area contributed by atoms with E-state index < -0.39 is 0 Å². The third-order valence-electron chi connectivity index (χ3n) is 5.89. The molecule has 4 heterocycles. The fraction of sp³-hybridized carbons (Fsp3) is 0.208. The number of nitrogens with zero attached hydrogens (tertiary/aromatic N) is 3. The summed E-state index contributed by atoms with van der Waals surface area (Å²) in [5.74, 6) is -0.0519. The quantitative estimate of drug-likeness (QED) is 0.485. The average molecular weight is 415 g/mol. The topological polar surface area (TPSA) is 72.1 Å². The Balaban J connectivity index is 1.57. The van der Waals surface area contributed by atoms with Crippen molar-refractivity contribution < 1.29 is 4.79 Å². The molecule has 1 aromatic carbocycles. The summed E-state index contributed by atoms with van der Waals surface area (Å²) in [5, 5.41) is 0.826. The second-order valence-corrected chi connectivity index (χ2v) is 9.24. The van der Waals surface area contributed by atoms with Crippen molar-refractivity contribution >= 4 is 38.8 Å². The minimum absolute atomic E-state index is 0.0417. The van der Waals surface area contributed by atoms with Crippen molar-refractivity contribution in [2.45, 2.75) is 25.7 Å². The van der Waals surface area contributed by atoms with Crippen LogP contribution in [0.5, 0.6) is 0 Å². The lowest BCUT2D eigenvalue weighted by Gasteiger charge is -2.39. The number of para-hydroxylation sites is 1. The van der Waals surface area contributed by atoms with E-state index >= 15 is 0 Å². The highest BCUT2D eigenvalue weighted by Crippen LogP contribution is 2.42. The molecule has 2 N–H and O–H groups in total. The van der Waals surface area contributed by atoms with Crippen molar-refractivity contribution in [2.75, 3.05) is 17.2 Å². The van der Waals surface area contributed by atoms with Gasteiger partial charge in [0.05, 0.1) is 11.4 Å². The van der Waals surface area contributed by atoms with Crippen molar-refractivity contribution in [1.82, 2.24) is 9.97 Å². The van der Waals surface area contributed by atoms with Crippen molar-refractivity contribution in [2.24, 2.45) is 0 Å². The number of hydrogen-bond donors (Lipinski definition) is 1. The smallest absolute Gasteiger partial charge is 0.270 e. The van der Waals surface area contributed by atoms with E-state index in [9.17, 15) is 4.79 Å². The summed E-state index contributed by atoms with van der Waals surface area (Å²) in [6.45, 7) is 5.13. The van der Waals surface area contributed by atoms with E-state index in [4.69, 9.17) is 10.7 Å². The Morgan fingerprint density at radius 2 is 1.87 bits per heavy atom. The molecule has 1 aliphatic rings. The number of pyridine rings is 2. The molecule has 1 amide bonds. The second-order valence-electron chi connectivity index (χ2n) is 8.24. The summed E-state index contributed by atoms with van der Waals surface area (Å²) < 4.78 is 0. The van der Waals surface area contributed by atoms with E-state index in [1.165, 1.54) is 16.9 Å². The number of amides is 1. The Morgan fingerprint density at radius 1 is 1.10 bits per heavy atom. The monoisotopic (exact) mass is 414 g/mol. The number of fused-ring (bicyclic) bond motifs is 2. The molecule has 0 bridgehead atoms. The van der Waals surface area contributed by atoms with Crippen LogP contribution in [0.15, 0.2) is 60.9 Å². The van der Waals surface area contributed by atoms with Gasteiger partial charge in [-0.05, 0) is 47.7 Å². The molecule has 0 atom stereocenters. The van der Waals surface area contributed by atoms with Gasteiger partial charge in [-0.2, -0.15) is 0 Å². The number of nitrogens with two attached hydrogens (primary N) is 1. The number of carbonyl (C=O) groups is 1. The van der Waals surface area contributed by atoms with Gasteiger partial charge >= 0.3 is 0 Å². The largest absolute Gasteiger partial charge is 0.397 e. The summed E-state index contributed by atoms with van der Waals surface area (Å²) in [7, 11) is 0. The Labute approximate surface area is 179 Å². The molecule has 4 aromatic rings. The maximum Gasteiger partial charge on any atom is 0.270 e. The van der Waals surface area contributed by atoms with Gasteiger partial charge in [0.1, 0.15) is 9.71 Å². The number of rotatable bonds is 2. The Bertz CT molecular complexity index is 1260. The van der Waals surface area contributed by atoms with Gasteiger partial charge in [0.2, 0.25) is 0 Å². The molecule has 5 rings (SSSR count). The Morgan fingerprint density at radius 3 is 2.67 bits per heavy atom. The van der Waals surface area contributed by atoms with Crippen LogP contribution >= 0.6 is 11.3 Å². The number of benzene rings is 1. The molecular weight excluding hydrogens is 392 g/mol. The van der Waals surface area contributed by atoms with Crippen molar-refractivity contribution in [3.8, 4) is 11.3 Å². The molecule has 0 radical (unpaired) electrons. The Hall–Kier alpha value is -3.25. The first kappa shape index (κ1) is 18.8. The van der Waals surface area contributed by atoms with Crippen LogP contribution in [0.3, 0.4) is 0 Å². The number of hydrogen-bond acceptors (Lipinski definition) is 5. The number of anilines is 2. The van der Waals surface area contributed by atoms with E-state index in [-0.39, 0.29) is 11.3 Å². The van der Waals surface area contributed by atoms with Crippen LogP contribution in [-0.4, -0.2) is 22.4 Å². The summed E-state index contributed by atoms with van der Waals surface area (Å²) in [6.07, 6.45) is 4.40. The van der Waals surface area contributed by atoms with Crippen LogP contribution in [0, 0.1) is 0 Å². The zero-order valence-corrected chi connectivity index (χ0v) is 17.7. The summed E-state index contributed by atoms with van der Waals surface area (Å²) in [6, 6.07) is 15.9. The fourth-order valence-corrected chi connectivity index (χ4v) is 5.14. The van der Waals surface area contributed by atoms with E-state index in [0.29, 0.717) is 17.1 Å². The summed E-state index contributed by atoms with van der Waals surface area (Å²) in [4.78, 5) is 25.6. The second kappa shape index (κ2) is 6.92. The number of carbonyl (C=O) groups excluding carboxylic acids is 1. The number of thiophene rings is 1. The van der Waals surface area contributed by atoms with Gasteiger partial charge in [0.15, 0.2) is 0 Å². The van der Waals surface area contributed by atoms with E-state index in [1.54, 1.807) is 12.4 Å². The van der Waals surface area contributed by atoms with Gasteiger partial charge in [0, 0.05) is 35.6 Å². The molecule has 5 nitrogen and oxygen atoms in total. The predicted molar refractivity (Wildman–Crippen MR) is 123 cm³/mol. The van der Waals surface area contributed by atoms with Gasteiger partial charge in [-0.25, -0.2) is 4.98 Å². The lowest BCUT2D eigenvalue weighted by Crippen LogP contribution is -2.41. The van der Waals surface area contributed by atoms with Crippen molar-refractivity contribution in [1.29, 1.82) is 0 Å². The maximum atomic E-state index is 13.5. The summed E-state index contributed by atoms with van der Waals surface area (Å²) >= 11 is 1.37. The molecule has 0 fully saturated rings. The minimum Gasteiger partial charge on any atom is -0.397 e. The number of aromatic nitrogens is 2. The first-order chi connectivity index (χ1) is 14.5. The number of nitrogen functional groups attached to an aromatic ring is 1. The molecular formula is C24H22N4OS. The SMILES string of the molecule is CC1(C)CCN(C(=O)c2sc3nc(-c4ccncc4)ccc3c2N)c2ccccc21. The summed E-state index contributed by atoms with van der Waals surface area (Å²) in [5.41, 5.74) is 11.0. The lowest BCUT2D eigenvalue weighted by atomic mass is 9.77. The van der Waals surface area contributed by atoms with Crippen LogP contribution in [0.2, 0.25) is 0 Å². The van der Waals surface area contributed by atoms with Crippen LogP contribution in [-0.2, 0) is 5.41 Å². The highest BCUT2D eigenvalue weighted by Gasteiger charge is 2.35. The van der Waals surface area contributed by atoms with E-state index in [1.807, 2.05) is 47.4 Å². The van der Waals surface area contributed by atoms with Crippen LogP contribution in [0.4, 0.5) is 11.4 Å². The fourth-order valence-electron chi connectivity index (χ4n) is 4.10. The van der Waals surface area contributed by atoms with Gasteiger partial charge in [-0.1, -0.05) is 32.0 Å². The highest BCUT2D eigenvalue weighted by atomic mass is 32.1. The zero-order chi connectivity index (χ0) is 20.9. The normalized spacial score (nSPS) is 15.2. The molecule has 30 heavy (non-hydrogen) atoms. The van der Waals surface area contributed by atoms with E-state index in [0.717, 1.165) is 33.6 Å². The first-order valence-electron chi connectivity index (χ1n) is 9.96. The van der Waals surface area contributed by atoms with Crippen LogP contribution in [0.1, 0.15) is 35.5 Å².